The molecule has 5 nitrogen and oxygen atoms in total. The molecule has 4 aliphatic rings. The third-order valence-electron chi connectivity index (χ3n) is 10.7. The minimum Gasteiger partial charge on any atom is -0.393 e. The van der Waals surface area contributed by atoms with E-state index in [2.05, 4.69) is 20.8 Å². The third kappa shape index (κ3) is 3.48. The summed E-state index contributed by atoms with van der Waals surface area (Å²) in [6, 6.07) is 0. The maximum absolute atomic E-state index is 11.6. The second-order valence-corrected chi connectivity index (χ2v) is 11.8. The second-order valence-electron chi connectivity index (χ2n) is 11.8. The van der Waals surface area contributed by atoms with Crippen LogP contribution in [0, 0.1) is 46.3 Å². The molecule has 0 spiro atoms. The molecule has 30 heavy (non-hydrogen) atoms. The van der Waals surface area contributed by atoms with Gasteiger partial charge in [0.05, 0.1) is 18.3 Å². The molecular formula is C25H44O5. The van der Waals surface area contributed by atoms with Crippen molar-refractivity contribution >= 4 is 0 Å². The molecule has 0 heterocycles. The fourth-order valence-corrected chi connectivity index (χ4v) is 8.94. The zero-order valence-corrected chi connectivity index (χ0v) is 19.3. The van der Waals surface area contributed by atoms with Gasteiger partial charge in [0.25, 0.3) is 0 Å². The third-order valence-corrected chi connectivity index (χ3v) is 10.7. The standard InChI is InChI=1S/C25H44O5/c1-14(5-8-22(28)29)17-6-7-18-23-19(13-21(27)25(17,18)3)24(2)10-9-16(30-4)11-15(24)12-20(23)26/h14-23,26-29H,5-13H2,1-4H3. The number of ether oxygens (including phenoxy) is 1. The van der Waals surface area contributed by atoms with Crippen LogP contribution in [-0.4, -0.2) is 52.1 Å². The van der Waals surface area contributed by atoms with Crippen LogP contribution >= 0.6 is 0 Å². The Balaban J connectivity index is 1.58. The highest BCUT2D eigenvalue weighted by Gasteiger charge is 2.65. The number of aliphatic hydroxyl groups excluding tert-OH is 3. The van der Waals surface area contributed by atoms with E-state index in [4.69, 9.17) is 4.74 Å². The molecule has 0 aliphatic heterocycles. The summed E-state index contributed by atoms with van der Waals surface area (Å²) in [7, 11) is 1.81. The molecular weight excluding hydrogens is 380 g/mol. The van der Waals surface area contributed by atoms with Gasteiger partial charge in [-0.05, 0) is 104 Å². The molecule has 0 amide bonds. The normalized spacial score (nSPS) is 51.9. The van der Waals surface area contributed by atoms with Crippen LogP contribution in [0.5, 0.6) is 0 Å². The zero-order valence-electron chi connectivity index (χ0n) is 19.3. The van der Waals surface area contributed by atoms with Crippen molar-refractivity contribution in [2.75, 3.05) is 7.11 Å². The van der Waals surface area contributed by atoms with E-state index < -0.39 is 6.29 Å². The van der Waals surface area contributed by atoms with Crippen molar-refractivity contribution in [3.63, 3.8) is 0 Å². The Morgan fingerprint density at radius 2 is 1.70 bits per heavy atom. The number of hydrogen-bond donors (Lipinski definition) is 4. The van der Waals surface area contributed by atoms with E-state index in [1.165, 1.54) is 0 Å². The number of rotatable bonds is 5. The van der Waals surface area contributed by atoms with Crippen LogP contribution in [0.1, 0.15) is 78.6 Å². The lowest BCUT2D eigenvalue weighted by Gasteiger charge is -2.63. The van der Waals surface area contributed by atoms with E-state index in [1.807, 2.05) is 0 Å². The molecule has 0 radical (unpaired) electrons. The lowest BCUT2D eigenvalue weighted by molar-refractivity contribution is -0.208. The lowest BCUT2D eigenvalue weighted by Crippen LogP contribution is -2.62. The molecule has 11 atom stereocenters. The van der Waals surface area contributed by atoms with Gasteiger partial charge in [0.1, 0.15) is 0 Å². The van der Waals surface area contributed by atoms with Gasteiger partial charge in [-0.25, -0.2) is 0 Å². The summed E-state index contributed by atoms with van der Waals surface area (Å²) in [6.45, 7) is 6.91. The van der Waals surface area contributed by atoms with Gasteiger partial charge >= 0.3 is 0 Å². The number of aliphatic hydroxyl groups is 4. The van der Waals surface area contributed by atoms with Crippen LogP contribution < -0.4 is 0 Å². The Kier molecular flexibility index (Phi) is 6.35. The molecule has 4 fully saturated rings. The average molecular weight is 425 g/mol. The van der Waals surface area contributed by atoms with Gasteiger partial charge in [0.15, 0.2) is 6.29 Å². The largest absolute Gasteiger partial charge is 0.393 e. The van der Waals surface area contributed by atoms with E-state index >= 15 is 0 Å². The van der Waals surface area contributed by atoms with Gasteiger partial charge in [-0.2, -0.15) is 0 Å². The van der Waals surface area contributed by atoms with E-state index in [-0.39, 0.29) is 29.0 Å². The molecule has 0 aromatic carbocycles. The van der Waals surface area contributed by atoms with E-state index in [1.54, 1.807) is 7.11 Å². The van der Waals surface area contributed by atoms with Crippen LogP contribution in [-0.2, 0) is 4.74 Å². The summed E-state index contributed by atoms with van der Waals surface area (Å²) in [6.07, 6.45) is 6.66. The summed E-state index contributed by atoms with van der Waals surface area (Å²) in [5, 5.41) is 41.6. The molecule has 4 saturated carbocycles. The van der Waals surface area contributed by atoms with E-state index in [0.717, 1.165) is 51.4 Å². The fourth-order valence-electron chi connectivity index (χ4n) is 8.94. The summed E-state index contributed by atoms with van der Waals surface area (Å²) in [4.78, 5) is 0. The highest BCUT2D eigenvalue weighted by molar-refractivity contribution is 5.14. The van der Waals surface area contributed by atoms with Crippen molar-refractivity contribution in [3.05, 3.63) is 0 Å². The van der Waals surface area contributed by atoms with Crippen molar-refractivity contribution in [2.24, 2.45) is 46.3 Å². The van der Waals surface area contributed by atoms with Crippen LogP contribution in [0.2, 0.25) is 0 Å². The molecule has 5 heteroatoms. The summed E-state index contributed by atoms with van der Waals surface area (Å²) in [5.74, 6) is 2.20. The molecule has 4 N–H and O–H groups in total. The molecule has 0 bridgehead atoms. The Morgan fingerprint density at radius 3 is 2.37 bits per heavy atom. The first kappa shape index (κ1) is 23.0. The van der Waals surface area contributed by atoms with Crippen LogP contribution in [0.3, 0.4) is 0 Å². The molecule has 0 saturated heterocycles. The summed E-state index contributed by atoms with van der Waals surface area (Å²) >= 11 is 0. The Labute approximate surface area is 182 Å². The van der Waals surface area contributed by atoms with E-state index in [9.17, 15) is 20.4 Å². The van der Waals surface area contributed by atoms with Gasteiger partial charge in [-0.15, -0.1) is 0 Å². The Hall–Kier alpha value is -0.200. The summed E-state index contributed by atoms with van der Waals surface area (Å²) < 4.78 is 5.68. The van der Waals surface area contributed by atoms with Gasteiger partial charge in [0.2, 0.25) is 0 Å². The predicted molar refractivity (Wildman–Crippen MR) is 115 cm³/mol. The van der Waals surface area contributed by atoms with E-state index in [0.29, 0.717) is 42.1 Å². The number of fused-ring (bicyclic) bond motifs is 5. The first-order valence-electron chi connectivity index (χ1n) is 12.4. The summed E-state index contributed by atoms with van der Waals surface area (Å²) in [5.41, 5.74) is 0.000831. The molecule has 4 rings (SSSR count). The van der Waals surface area contributed by atoms with Crippen molar-refractivity contribution in [3.8, 4) is 0 Å². The second kappa shape index (κ2) is 8.30. The fraction of sp³-hybridized carbons (Fsp3) is 1.00. The van der Waals surface area contributed by atoms with Crippen LogP contribution in [0.4, 0.5) is 0 Å². The topological polar surface area (TPSA) is 90.2 Å². The van der Waals surface area contributed by atoms with Crippen molar-refractivity contribution < 1.29 is 25.2 Å². The van der Waals surface area contributed by atoms with Gasteiger partial charge in [-0.1, -0.05) is 20.8 Å². The predicted octanol–water partition coefficient (Wildman–Crippen LogP) is 3.33. The first-order valence-corrected chi connectivity index (χ1v) is 12.4. The lowest BCUT2D eigenvalue weighted by atomic mass is 9.43. The highest BCUT2D eigenvalue weighted by Crippen LogP contribution is 2.68. The van der Waals surface area contributed by atoms with Crippen molar-refractivity contribution in [1.29, 1.82) is 0 Å². The number of methoxy groups -OCH3 is 1. The molecule has 0 aromatic rings. The molecule has 174 valence electrons. The first-order chi connectivity index (χ1) is 14.1. The van der Waals surface area contributed by atoms with Gasteiger partial charge in [-0.3, -0.25) is 0 Å². The minimum atomic E-state index is -1.25. The number of hydrogen-bond acceptors (Lipinski definition) is 5. The Morgan fingerprint density at radius 1 is 0.967 bits per heavy atom. The smallest absolute Gasteiger partial charge is 0.151 e. The quantitative estimate of drug-likeness (QED) is 0.508. The van der Waals surface area contributed by atoms with Crippen LogP contribution in [0.15, 0.2) is 0 Å². The SMILES string of the molecule is COC1CCC2(C)C(C1)CC(O)C1C2CC(O)C2(C)C(C(C)CCC(O)O)CCC12. The minimum absolute atomic E-state index is 0.186. The zero-order chi connectivity index (χ0) is 21.8. The molecule has 4 aliphatic carbocycles. The molecule has 11 unspecified atom stereocenters. The average Bonchev–Trinajstić information content (AvgIpc) is 3.05. The van der Waals surface area contributed by atoms with Crippen molar-refractivity contribution in [2.45, 2.75) is 103 Å². The maximum atomic E-state index is 11.6. The van der Waals surface area contributed by atoms with Gasteiger partial charge in [0, 0.05) is 7.11 Å². The molecule has 0 aromatic heterocycles. The maximum Gasteiger partial charge on any atom is 0.151 e. The highest BCUT2D eigenvalue weighted by atomic mass is 16.5. The Bertz CT molecular complexity index is 610. The monoisotopic (exact) mass is 424 g/mol. The van der Waals surface area contributed by atoms with Crippen molar-refractivity contribution in [1.82, 2.24) is 0 Å². The van der Waals surface area contributed by atoms with Gasteiger partial charge < -0.3 is 25.2 Å². The van der Waals surface area contributed by atoms with Crippen LogP contribution in [0.25, 0.3) is 0 Å².